The molecule has 4 heterocycles. The molecule has 0 aromatic carbocycles. The summed E-state index contributed by atoms with van der Waals surface area (Å²) in [6, 6.07) is 5.33. The van der Waals surface area contributed by atoms with Crippen molar-refractivity contribution in [2.45, 2.75) is 13.8 Å². The summed E-state index contributed by atoms with van der Waals surface area (Å²) in [5.74, 6) is 0.836. The SMILES string of the molecule is CNC(=O)c1cc2c(-c3sc(P(C)(C)=O)cc3Oc3c(C)ccnc3C)cn(C)c(=O)c2[nH]1. The minimum Gasteiger partial charge on any atom is -0.454 e. The van der Waals surface area contributed by atoms with Gasteiger partial charge in [0, 0.05) is 43.5 Å². The zero-order chi connectivity index (χ0) is 24.1. The van der Waals surface area contributed by atoms with Crippen molar-refractivity contribution >= 4 is 39.9 Å². The maximum absolute atomic E-state index is 12.9. The molecule has 172 valence electrons. The number of H-pyrrole nitrogens is 1. The maximum atomic E-state index is 12.9. The second kappa shape index (κ2) is 8.32. The van der Waals surface area contributed by atoms with Crippen LogP contribution in [0.3, 0.4) is 0 Å². The van der Waals surface area contributed by atoms with Gasteiger partial charge in [-0.15, -0.1) is 11.3 Å². The Labute approximate surface area is 195 Å². The molecule has 33 heavy (non-hydrogen) atoms. The van der Waals surface area contributed by atoms with Gasteiger partial charge in [-0.3, -0.25) is 14.6 Å². The molecule has 10 heteroatoms. The number of nitrogens with one attached hydrogen (secondary N) is 2. The molecule has 0 aliphatic carbocycles. The Kier molecular flexibility index (Phi) is 5.80. The summed E-state index contributed by atoms with van der Waals surface area (Å²) in [5, 5.41) is 3.17. The highest BCUT2D eigenvalue weighted by Gasteiger charge is 2.25. The van der Waals surface area contributed by atoms with Crippen molar-refractivity contribution < 1.29 is 14.1 Å². The summed E-state index contributed by atoms with van der Waals surface area (Å²) in [5.41, 5.74) is 2.72. The largest absolute Gasteiger partial charge is 0.454 e. The van der Waals surface area contributed by atoms with Crippen LogP contribution in [0.15, 0.2) is 35.4 Å². The number of thiophene rings is 1. The van der Waals surface area contributed by atoms with Crippen molar-refractivity contribution in [3.05, 3.63) is 57.9 Å². The number of ether oxygens (including phenoxy) is 1. The van der Waals surface area contributed by atoms with Gasteiger partial charge in [0.25, 0.3) is 11.5 Å². The number of hydrogen-bond donors (Lipinski definition) is 2. The van der Waals surface area contributed by atoms with Gasteiger partial charge < -0.3 is 24.2 Å². The number of aromatic nitrogens is 3. The third-order valence-corrected chi connectivity index (χ3v) is 9.12. The molecule has 0 atom stereocenters. The number of carbonyl (C=O) groups excluding carboxylic acids is 1. The quantitative estimate of drug-likeness (QED) is 0.417. The summed E-state index contributed by atoms with van der Waals surface area (Å²) in [4.78, 5) is 33.0. The van der Waals surface area contributed by atoms with Crippen LogP contribution in [0.25, 0.3) is 21.3 Å². The van der Waals surface area contributed by atoms with E-state index in [0.29, 0.717) is 32.6 Å². The molecule has 0 saturated heterocycles. The van der Waals surface area contributed by atoms with E-state index in [9.17, 15) is 14.2 Å². The predicted octanol–water partition coefficient (Wildman–Crippen LogP) is 4.01. The van der Waals surface area contributed by atoms with Gasteiger partial charge in [0.2, 0.25) is 0 Å². The van der Waals surface area contributed by atoms with E-state index in [0.717, 1.165) is 16.1 Å². The first-order valence-electron chi connectivity index (χ1n) is 10.3. The van der Waals surface area contributed by atoms with Crippen LogP contribution in [0.2, 0.25) is 0 Å². The van der Waals surface area contributed by atoms with Gasteiger partial charge in [-0.25, -0.2) is 0 Å². The number of fused-ring (bicyclic) bond motifs is 1. The molecule has 0 spiro atoms. The van der Waals surface area contributed by atoms with E-state index in [1.165, 1.54) is 23.0 Å². The molecule has 1 amide bonds. The molecule has 0 unspecified atom stereocenters. The highest BCUT2D eigenvalue weighted by molar-refractivity contribution is 7.75. The number of nitrogens with zero attached hydrogens (tertiary/aromatic N) is 2. The Morgan fingerprint density at radius 1 is 1.27 bits per heavy atom. The van der Waals surface area contributed by atoms with Crippen LogP contribution >= 0.6 is 18.5 Å². The standard InChI is InChI=1S/C23H25N4O4PS/c1-12-7-8-25-13(2)20(12)31-17-10-18(32(5,6)30)33-21(17)15-11-27(4)23(29)19-14(15)9-16(26-19)22(28)24-3/h7-11,26H,1-6H3,(H,24,28). The summed E-state index contributed by atoms with van der Waals surface area (Å²) < 4.78 is 21.5. The third kappa shape index (κ3) is 4.14. The van der Waals surface area contributed by atoms with E-state index < -0.39 is 7.14 Å². The average Bonchev–Trinajstić information content (AvgIpc) is 3.38. The van der Waals surface area contributed by atoms with E-state index in [2.05, 4.69) is 15.3 Å². The van der Waals surface area contributed by atoms with E-state index in [-0.39, 0.29) is 17.2 Å². The van der Waals surface area contributed by atoms with Gasteiger partial charge >= 0.3 is 0 Å². The number of rotatable bonds is 5. The molecule has 2 N–H and O–H groups in total. The van der Waals surface area contributed by atoms with Crippen molar-refractivity contribution in [2.24, 2.45) is 7.05 Å². The fraction of sp³-hybridized carbons (Fsp3) is 0.261. The summed E-state index contributed by atoms with van der Waals surface area (Å²) in [6.07, 6.45) is 3.44. The molecular formula is C23H25N4O4PS. The molecule has 4 aromatic rings. The Bertz CT molecular complexity index is 1490. The molecule has 0 aliphatic rings. The lowest BCUT2D eigenvalue weighted by molar-refractivity contribution is 0.0959. The van der Waals surface area contributed by atoms with Gasteiger partial charge in [0.15, 0.2) is 5.75 Å². The first-order chi connectivity index (χ1) is 15.5. The topological polar surface area (TPSA) is 106 Å². The highest BCUT2D eigenvalue weighted by atomic mass is 32.1. The highest BCUT2D eigenvalue weighted by Crippen LogP contribution is 2.47. The molecular weight excluding hydrogens is 459 g/mol. The lowest BCUT2D eigenvalue weighted by Gasteiger charge is -2.12. The number of amides is 1. The number of carbonyl (C=O) groups is 1. The van der Waals surface area contributed by atoms with E-state index in [4.69, 9.17) is 4.74 Å². The predicted molar refractivity (Wildman–Crippen MR) is 133 cm³/mol. The van der Waals surface area contributed by atoms with E-state index >= 15 is 0 Å². The summed E-state index contributed by atoms with van der Waals surface area (Å²) in [7, 11) is 0.596. The van der Waals surface area contributed by atoms with Crippen LogP contribution < -0.4 is 20.2 Å². The van der Waals surface area contributed by atoms with Crippen LogP contribution in [-0.2, 0) is 11.6 Å². The van der Waals surface area contributed by atoms with Crippen molar-refractivity contribution in [3.63, 3.8) is 0 Å². The van der Waals surface area contributed by atoms with Gasteiger partial charge in [-0.2, -0.15) is 0 Å². The smallest absolute Gasteiger partial charge is 0.274 e. The lowest BCUT2D eigenvalue weighted by atomic mass is 10.1. The average molecular weight is 485 g/mol. The first-order valence-corrected chi connectivity index (χ1v) is 13.7. The zero-order valence-corrected chi connectivity index (χ0v) is 21.0. The Morgan fingerprint density at radius 2 is 2.00 bits per heavy atom. The molecule has 4 rings (SSSR count). The van der Waals surface area contributed by atoms with Gasteiger partial charge in [0.1, 0.15) is 24.1 Å². The summed E-state index contributed by atoms with van der Waals surface area (Å²) in [6.45, 7) is 7.23. The third-order valence-electron chi connectivity index (χ3n) is 5.39. The molecule has 0 aliphatic heterocycles. The molecule has 4 aromatic heterocycles. The number of pyridine rings is 2. The van der Waals surface area contributed by atoms with E-state index in [1.807, 2.05) is 19.9 Å². The van der Waals surface area contributed by atoms with Crippen LogP contribution in [0, 0.1) is 13.8 Å². The van der Waals surface area contributed by atoms with Gasteiger partial charge in [-0.1, -0.05) is 0 Å². The van der Waals surface area contributed by atoms with Crippen LogP contribution in [0.5, 0.6) is 11.5 Å². The van der Waals surface area contributed by atoms with Crippen molar-refractivity contribution in [3.8, 4) is 21.9 Å². The van der Waals surface area contributed by atoms with Gasteiger partial charge in [0.05, 0.1) is 15.2 Å². The number of aryl methyl sites for hydroxylation is 3. The van der Waals surface area contributed by atoms with Crippen molar-refractivity contribution in [2.75, 3.05) is 20.4 Å². The minimum absolute atomic E-state index is 0.251. The van der Waals surface area contributed by atoms with Crippen LogP contribution in [0.1, 0.15) is 21.7 Å². The van der Waals surface area contributed by atoms with Crippen molar-refractivity contribution in [1.29, 1.82) is 0 Å². The normalized spacial score (nSPS) is 11.7. The monoisotopic (exact) mass is 484 g/mol. The summed E-state index contributed by atoms with van der Waals surface area (Å²) >= 11 is 1.36. The number of aromatic amines is 1. The second-order valence-electron chi connectivity index (χ2n) is 8.28. The van der Waals surface area contributed by atoms with E-state index in [1.54, 1.807) is 44.9 Å². The maximum Gasteiger partial charge on any atom is 0.274 e. The molecule has 0 bridgehead atoms. The fourth-order valence-electron chi connectivity index (χ4n) is 3.61. The molecule has 8 nitrogen and oxygen atoms in total. The van der Waals surface area contributed by atoms with Crippen molar-refractivity contribution in [1.82, 2.24) is 19.9 Å². The molecule has 0 radical (unpaired) electrons. The molecule has 0 saturated carbocycles. The molecule has 0 fully saturated rings. The van der Waals surface area contributed by atoms with Gasteiger partial charge in [-0.05, 0) is 44.9 Å². The lowest BCUT2D eigenvalue weighted by Crippen LogP contribution is -2.19. The Morgan fingerprint density at radius 3 is 2.64 bits per heavy atom. The van der Waals surface area contributed by atoms with Crippen LogP contribution in [0.4, 0.5) is 0 Å². The zero-order valence-electron chi connectivity index (χ0n) is 19.3. The fourth-order valence-corrected chi connectivity index (χ4v) is 6.04. The van der Waals surface area contributed by atoms with Crippen LogP contribution in [-0.4, -0.2) is 40.8 Å². The first kappa shape index (κ1) is 23.0. The Hall–Kier alpha value is -3.16. The second-order valence-corrected chi connectivity index (χ2v) is 12.8. The Balaban J connectivity index is 2.00. The minimum atomic E-state index is -2.59. The number of hydrogen-bond acceptors (Lipinski definition) is 6.